The number of pyridine rings is 1. The average molecular weight is 330 g/mol. The van der Waals surface area contributed by atoms with E-state index in [1.54, 1.807) is 30.5 Å². The lowest BCUT2D eigenvalue weighted by molar-refractivity contribution is -0.136. The Morgan fingerprint density at radius 2 is 1.87 bits per heavy atom. The highest BCUT2D eigenvalue weighted by Gasteiger charge is 2.34. The Labute approximate surface area is 139 Å². The molecule has 1 heterocycles. The third kappa shape index (κ3) is 4.07. The quantitative estimate of drug-likeness (QED) is 0.847. The maximum Gasteiger partial charge on any atom is 0.313 e. The van der Waals surface area contributed by atoms with Crippen LogP contribution in [0.5, 0.6) is 0 Å². The fraction of sp³-hybridized carbons (Fsp3) is 0.235. The predicted molar refractivity (Wildman–Crippen MR) is 87.9 cm³/mol. The van der Waals surface area contributed by atoms with E-state index in [0.29, 0.717) is 16.6 Å². The van der Waals surface area contributed by atoms with E-state index in [1.165, 1.54) is 6.20 Å². The lowest BCUT2D eigenvalue weighted by Crippen LogP contribution is -2.38. The van der Waals surface area contributed by atoms with Crippen LogP contribution >= 0.6 is 11.6 Å². The molecule has 2 aromatic rings. The Morgan fingerprint density at radius 3 is 2.48 bits per heavy atom. The molecule has 0 saturated heterocycles. The largest absolute Gasteiger partial charge is 0.341 e. The van der Waals surface area contributed by atoms with Gasteiger partial charge in [0, 0.05) is 11.2 Å². The van der Waals surface area contributed by atoms with Crippen LogP contribution in [0.3, 0.4) is 0 Å². The fourth-order valence-corrected chi connectivity index (χ4v) is 2.53. The van der Waals surface area contributed by atoms with Crippen molar-refractivity contribution >= 4 is 29.1 Å². The molecular formula is C17H16ClN3O2. The van der Waals surface area contributed by atoms with Crippen LogP contribution in [0.15, 0.2) is 48.8 Å². The van der Waals surface area contributed by atoms with Crippen LogP contribution in [0, 0.1) is 5.92 Å². The minimum Gasteiger partial charge on any atom is -0.341 e. The smallest absolute Gasteiger partial charge is 0.313 e. The van der Waals surface area contributed by atoms with Crippen LogP contribution in [0.1, 0.15) is 24.4 Å². The molecule has 1 aliphatic rings. The Bertz CT molecular complexity index is 700. The Kier molecular flexibility index (Phi) is 4.57. The number of nitrogens with zero attached hydrogens (tertiary/aromatic N) is 1. The lowest BCUT2D eigenvalue weighted by atomic mass is 10.0. The molecule has 0 radical (unpaired) electrons. The molecule has 1 saturated carbocycles. The van der Waals surface area contributed by atoms with Gasteiger partial charge in [-0.2, -0.15) is 0 Å². The van der Waals surface area contributed by atoms with E-state index in [-0.39, 0.29) is 6.04 Å². The number of benzene rings is 1. The molecule has 1 atom stereocenters. The molecule has 2 N–H and O–H groups in total. The first kappa shape index (κ1) is 15.5. The van der Waals surface area contributed by atoms with Crippen molar-refractivity contribution in [3.63, 3.8) is 0 Å². The number of hydrogen-bond donors (Lipinski definition) is 2. The summed E-state index contributed by atoms with van der Waals surface area (Å²) >= 11 is 5.90. The van der Waals surface area contributed by atoms with Crippen LogP contribution in [0.25, 0.3) is 0 Å². The van der Waals surface area contributed by atoms with Gasteiger partial charge in [-0.15, -0.1) is 0 Å². The van der Waals surface area contributed by atoms with Crippen molar-refractivity contribution in [2.45, 2.75) is 18.9 Å². The van der Waals surface area contributed by atoms with Crippen molar-refractivity contribution < 1.29 is 9.59 Å². The van der Waals surface area contributed by atoms with Gasteiger partial charge in [0.05, 0.1) is 17.9 Å². The van der Waals surface area contributed by atoms with Gasteiger partial charge in [-0.3, -0.25) is 14.6 Å². The first-order chi connectivity index (χ1) is 11.1. The summed E-state index contributed by atoms with van der Waals surface area (Å²) in [5.74, 6) is -0.982. The van der Waals surface area contributed by atoms with Crippen molar-refractivity contribution in [2.75, 3.05) is 5.32 Å². The third-order valence-electron chi connectivity index (χ3n) is 3.73. The van der Waals surface area contributed by atoms with Gasteiger partial charge >= 0.3 is 11.8 Å². The summed E-state index contributed by atoms with van der Waals surface area (Å²) in [6.07, 6.45) is 5.16. The Morgan fingerprint density at radius 1 is 1.13 bits per heavy atom. The second-order valence-corrected chi connectivity index (χ2v) is 5.97. The third-order valence-corrected chi connectivity index (χ3v) is 3.99. The van der Waals surface area contributed by atoms with E-state index in [4.69, 9.17) is 11.6 Å². The number of rotatable bonds is 4. The minimum atomic E-state index is -0.697. The molecule has 118 valence electrons. The summed E-state index contributed by atoms with van der Waals surface area (Å²) in [6, 6.07) is 10.5. The van der Waals surface area contributed by atoms with Crippen LogP contribution in [0.4, 0.5) is 5.69 Å². The maximum absolute atomic E-state index is 12.2. The SMILES string of the molecule is O=C(Nc1cccnc1)C(=O)N[C@H](c1ccc(Cl)cc1)C1CC1. The number of nitrogens with one attached hydrogen (secondary N) is 2. The van der Waals surface area contributed by atoms with Gasteiger partial charge in [-0.05, 0) is 48.6 Å². The van der Waals surface area contributed by atoms with E-state index >= 15 is 0 Å². The first-order valence-electron chi connectivity index (χ1n) is 7.41. The van der Waals surface area contributed by atoms with Crippen molar-refractivity contribution in [3.8, 4) is 0 Å². The van der Waals surface area contributed by atoms with Gasteiger partial charge in [0.2, 0.25) is 0 Å². The zero-order valence-corrected chi connectivity index (χ0v) is 13.1. The Hall–Kier alpha value is -2.40. The normalized spacial score (nSPS) is 14.8. The highest BCUT2D eigenvalue weighted by atomic mass is 35.5. The maximum atomic E-state index is 12.2. The van der Waals surface area contributed by atoms with Gasteiger partial charge < -0.3 is 10.6 Å². The second-order valence-electron chi connectivity index (χ2n) is 5.54. The molecule has 0 spiro atoms. The van der Waals surface area contributed by atoms with Gasteiger partial charge in [0.1, 0.15) is 0 Å². The summed E-state index contributed by atoms with van der Waals surface area (Å²) < 4.78 is 0. The van der Waals surface area contributed by atoms with E-state index < -0.39 is 11.8 Å². The molecule has 0 bridgehead atoms. The molecule has 2 amide bonds. The average Bonchev–Trinajstić information content (AvgIpc) is 3.39. The first-order valence-corrected chi connectivity index (χ1v) is 7.78. The molecular weight excluding hydrogens is 314 g/mol. The fourth-order valence-electron chi connectivity index (χ4n) is 2.40. The van der Waals surface area contributed by atoms with Crippen molar-refractivity contribution in [1.82, 2.24) is 10.3 Å². The van der Waals surface area contributed by atoms with Crippen molar-refractivity contribution in [1.29, 1.82) is 0 Å². The standard InChI is InChI=1S/C17H16ClN3O2/c18-13-7-5-12(6-8-13)15(11-3-4-11)21-17(23)16(22)20-14-2-1-9-19-10-14/h1-2,5-11,15H,3-4H2,(H,20,22)(H,21,23)/t15-/m0/s1. The predicted octanol–water partition coefficient (Wildman–Crippen LogP) is 2.94. The highest BCUT2D eigenvalue weighted by Crippen LogP contribution is 2.41. The van der Waals surface area contributed by atoms with Gasteiger partial charge in [0.15, 0.2) is 0 Å². The number of hydrogen-bond acceptors (Lipinski definition) is 3. The van der Waals surface area contributed by atoms with Crippen LogP contribution in [0.2, 0.25) is 5.02 Å². The topological polar surface area (TPSA) is 71.1 Å². The zero-order chi connectivity index (χ0) is 16.2. The molecule has 0 aliphatic heterocycles. The number of carbonyl (C=O) groups excluding carboxylic acids is 2. The van der Waals surface area contributed by atoms with Crippen LogP contribution in [-0.2, 0) is 9.59 Å². The van der Waals surface area contributed by atoms with E-state index in [9.17, 15) is 9.59 Å². The number of halogens is 1. The van der Waals surface area contributed by atoms with E-state index in [2.05, 4.69) is 15.6 Å². The summed E-state index contributed by atoms with van der Waals surface area (Å²) in [5.41, 5.74) is 1.45. The van der Waals surface area contributed by atoms with Gasteiger partial charge in [-0.25, -0.2) is 0 Å². The molecule has 1 fully saturated rings. The molecule has 1 aromatic carbocycles. The summed E-state index contributed by atoms with van der Waals surface area (Å²) in [7, 11) is 0. The summed E-state index contributed by atoms with van der Waals surface area (Å²) in [4.78, 5) is 28.1. The van der Waals surface area contributed by atoms with Crippen molar-refractivity contribution in [2.24, 2.45) is 5.92 Å². The molecule has 3 rings (SSSR count). The molecule has 0 unspecified atom stereocenters. The monoisotopic (exact) mass is 329 g/mol. The number of amides is 2. The lowest BCUT2D eigenvalue weighted by Gasteiger charge is -2.18. The van der Waals surface area contributed by atoms with E-state index in [0.717, 1.165) is 18.4 Å². The number of aromatic nitrogens is 1. The van der Waals surface area contributed by atoms with Crippen LogP contribution < -0.4 is 10.6 Å². The second kappa shape index (κ2) is 6.79. The van der Waals surface area contributed by atoms with Gasteiger partial charge in [-0.1, -0.05) is 23.7 Å². The molecule has 1 aromatic heterocycles. The van der Waals surface area contributed by atoms with E-state index in [1.807, 2.05) is 12.1 Å². The van der Waals surface area contributed by atoms with Crippen LogP contribution in [-0.4, -0.2) is 16.8 Å². The Balaban J connectivity index is 1.66. The summed E-state index contributed by atoms with van der Waals surface area (Å²) in [5, 5.41) is 6.00. The van der Waals surface area contributed by atoms with Crippen molar-refractivity contribution in [3.05, 3.63) is 59.4 Å². The molecule has 6 heteroatoms. The number of anilines is 1. The van der Waals surface area contributed by atoms with Gasteiger partial charge in [0.25, 0.3) is 0 Å². The summed E-state index contributed by atoms with van der Waals surface area (Å²) in [6.45, 7) is 0. The molecule has 1 aliphatic carbocycles. The number of carbonyl (C=O) groups is 2. The minimum absolute atomic E-state index is 0.167. The molecule has 23 heavy (non-hydrogen) atoms. The molecule has 5 nitrogen and oxygen atoms in total. The zero-order valence-electron chi connectivity index (χ0n) is 12.3. The highest BCUT2D eigenvalue weighted by molar-refractivity contribution is 6.39.